The summed E-state index contributed by atoms with van der Waals surface area (Å²) in [5, 5.41) is 3.14. The maximum absolute atomic E-state index is 12.8. The van der Waals surface area contributed by atoms with Crippen LogP contribution in [0.25, 0.3) is 0 Å². The SMILES string of the molecule is Cc1cccc(C(C)C)c1NC(=O)N1CCN(CC(=O)N2CCCCC2C)CC1. The number of benzene rings is 1. The van der Waals surface area contributed by atoms with E-state index in [0.29, 0.717) is 31.6 Å². The number of anilines is 1. The first-order valence-corrected chi connectivity index (χ1v) is 11.0. The number of nitrogens with zero attached hydrogens (tertiary/aromatic N) is 3. The van der Waals surface area contributed by atoms with Crippen LogP contribution >= 0.6 is 0 Å². The fourth-order valence-electron chi connectivity index (χ4n) is 4.39. The second kappa shape index (κ2) is 9.61. The third-order valence-electron chi connectivity index (χ3n) is 6.30. The highest BCUT2D eigenvalue weighted by Gasteiger charge is 2.27. The lowest BCUT2D eigenvalue weighted by molar-refractivity contribution is -0.136. The van der Waals surface area contributed by atoms with Crippen LogP contribution < -0.4 is 5.32 Å². The number of para-hydroxylation sites is 1. The molecule has 2 heterocycles. The molecule has 6 nitrogen and oxygen atoms in total. The van der Waals surface area contributed by atoms with Crippen molar-refractivity contribution in [1.82, 2.24) is 14.7 Å². The van der Waals surface area contributed by atoms with Gasteiger partial charge in [0.25, 0.3) is 0 Å². The number of amides is 3. The van der Waals surface area contributed by atoms with Crippen molar-refractivity contribution >= 4 is 17.6 Å². The van der Waals surface area contributed by atoms with Gasteiger partial charge in [-0.25, -0.2) is 4.79 Å². The number of carbonyl (C=O) groups excluding carboxylic acids is 2. The summed E-state index contributed by atoms with van der Waals surface area (Å²) in [4.78, 5) is 31.6. The lowest BCUT2D eigenvalue weighted by atomic mass is 9.98. The normalized spacial score (nSPS) is 20.8. The summed E-state index contributed by atoms with van der Waals surface area (Å²) in [6, 6.07) is 6.47. The molecule has 0 aliphatic carbocycles. The van der Waals surface area contributed by atoms with E-state index >= 15 is 0 Å². The molecule has 2 aliphatic heterocycles. The molecule has 0 spiro atoms. The predicted molar refractivity (Wildman–Crippen MR) is 117 cm³/mol. The molecule has 1 aromatic carbocycles. The van der Waals surface area contributed by atoms with Crippen molar-refractivity contribution in [3.05, 3.63) is 29.3 Å². The largest absolute Gasteiger partial charge is 0.339 e. The van der Waals surface area contributed by atoms with E-state index in [1.54, 1.807) is 0 Å². The van der Waals surface area contributed by atoms with Crippen molar-refractivity contribution in [2.75, 3.05) is 44.6 Å². The summed E-state index contributed by atoms with van der Waals surface area (Å²) in [7, 11) is 0. The number of aryl methyl sites for hydroxylation is 1. The molecule has 2 aliphatic rings. The number of piperazine rings is 1. The Morgan fingerprint density at radius 1 is 1.10 bits per heavy atom. The van der Waals surface area contributed by atoms with Gasteiger partial charge in [0.2, 0.25) is 5.91 Å². The molecule has 0 bridgehead atoms. The monoisotopic (exact) mass is 400 g/mol. The van der Waals surface area contributed by atoms with E-state index in [-0.39, 0.29) is 11.9 Å². The lowest BCUT2D eigenvalue weighted by Gasteiger charge is -2.38. The second-order valence-electron chi connectivity index (χ2n) is 8.82. The highest BCUT2D eigenvalue weighted by molar-refractivity contribution is 5.91. The molecule has 3 amide bonds. The molecule has 29 heavy (non-hydrogen) atoms. The number of hydrogen-bond donors (Lipinski definition) is 1. The van der Waals surface area contributed by atoms with Crippen molar-refractivity contribution in [2.24, 2.45) is 0 Å². The van der Waals surface area contributed by atoms with Gasteiger partial charge in [-0.1, -0.05) is 32.0 Å². The second-order valence-corrected chi connectivity index (χ2v) is 8.82. The molecule has 2 fully saturated rings. The summed E-state index contributed by atoms with van der Waals surface area (Å²) < 4.78 is 0. The molecule has 2 saturated heterocycles. The predicted octanol–water partition coefficient (Wildman–Crippen LogP) is 3.67. The molecule has 160 valence electrons. The van der Waals surface area contributed by atoms with E-state index in [9.17, 15) is 9.59 Å². The topological polar surface area (TPSA) is 55.9 Å². The van der Waals surface area contributed by atoms with Crippen LogP contribution in [0.2, 0.25) is 0 Å². The Morgan fingerprint density at radius 3 is 2.48 bits per heavy atom. The van der Waals surface area contributed by atoms with Gasteiger partial charge in [0.1, 0.15) is 0 Å². The average Bonchev–Trinajstić information content (AvgIpc) is 2.70. The molecule has 3 rings (SSSR count). The Hall–Kier alpha value is -2.08. The fraction of sp³-hybridized carbons (Fsp3) is 0.652. The zero-order chi connectivity index (χ0) is 21.0. The summed E-state index contributed by atoms with van der Waals surface area (Å²) in [5.41, 5.74) is 3.19. The van der Waals surface area contributed by atoms with Crippen molar-refractivity contribution < 1.29 is 9.59 Å². The summed E-state index contributed by atoms with van der Waals surface area (Å²) in [6.45, 7) is 12.6. The van der Waals surface area contributed by atoms with Crippen LogP contribution in [0, 0.1) is 6.92 Å². The minimum absolute atomic E-state index is 0.0446. The number of likely N-dealkylation sites (tertiary alicyclic amines) is 1. The van der Waals surface area contributed by atoms with Crippen LogP contribution in [0.15, 0.2) is 18.2 Å². The van der Waals surface area contributed by atoms with Gasteiger partial charge in [0, 0.05) is 44.5 Å². The van der Waals surface area contributed by atoms with Crippen LogP contribution in [0.4, 0.5) is 10.5 Å². The molecule has 0 aromatic heterocycles. The molecule has 6 heteroatoms. The van der Waals surface area contributed by atoms with Gasteiger partial charge in [-0.05, 0) is 50.2 Å². The molecule has 0 radical (unpaired) electrons. The molecule has 1 unspecified atom stereocenters. The van der Waals surface area contributed by atoms with Gasteiger partial charge >= 0.3 is 6.03 Å². The Bertz CT molecular complexity index is 726. The first-order valence-electron chi connectivity index (χ1n) is 11.0. The maximum Gasteiger partial charge on any atom is 0.321 e. The summed E-state index contributed by atoms with van der Waals surface area (Å²) in [5.74, 6) is 0.585. The summed E-state index contributed by atoms with van der Waals surface area (Å²) >= 11 is 0. The highest BCUT2D eigenvalue weighted by Crippen LogP contribution is 2.27. The van der Waals surface area contributed by atoms with E-state index < -0.39 is 0 Å². The molecular formula is C23H36N4O2. The third-order valence-corrected chi connectivity index (χ3v) is 6.30. The van der Waals surface area contributed by atoms with Crippen LogP contribution in [0.3, 0.4) is 0 Å². The van der Waals surface area contributed by atoms with Crippen LogP contribution in [0.1, 0.15) is 57.1 Å². The van der Waals surface area contributed by atoms with Crippen molar-refractivity contribution in [3.63, 3.8) is 0 Å². The Balaban J connectivity index is 1.52. The molecular weight excluding hydrogens is 364 g/mol. The smallest absolute Gasteiger partial charge is 0.321 e. The van der Waals surface area contributed by atoms with Crippen molar-refractivity contribution in [3.8, 4) is 0 Å². The van der Waals surface area contributed by atoms with Gasteiger partial charge in [-0.3, -0.25) is 9.69 Å². The molecule has 1 atom stereocenters. The minimum Gasteiger partial charge on any atom is -0.339 e. The standard InChI is InChI=1S/C23H36N4O2/c1-17(2)20-10-7-8-18(3)22(20)24-23(29)26-14-12-25(13-15-26)16-21(28)27-11-6-5-9-19(27)4/h7-8,10,17,19H,5-6,9,11-16H2,1-4H3,(H,24,29). The average molecular weight is 401 g/mol. The number of hydrogen-bond acceptors (Lipinski definition) is 3. The minimum atomic E-state index is -0.0446. The zero-order valence-electron chi connectivity index (χ0n) is 18.4. The fourth-order valence-corrected chi connectivity index (χ4v) is 4.39. The Labute approximate surface area is 175 Å². The first-order chi connectivity index (χ1) is 13.9. The van der Waals surface area contributed by atoms with E-state index in [1.165, 1.54) is 12.0 Å². The summed E-state index contributed by atoms with van der Waals surface area (Å²) in [6.07, 6.45) is 3.44. The van der Waals surface area contributed by atoms with Crippen molar-refractivity contribution in [1.29, 1.82) is 0 Å². The van der Waals surface area contributed by atoms with E-state index in [1.807, 2.05) is 28.9 Å². The van der Waals surface area contributed by atoms with Crippen LogP contribution in [0.5, 0.6) is 0 Å². The number of rotatable bonds is 4. The lowest BCUT2D eigenvalue weighted by Crippen LogP contribution is -2.53. The van der Waals surface area contributed by atoms with Crippen LogP contribution in [-0.4, -0.2) is 71.9 Å². The number of nitrogens with one attached hydrogen (secondary N) is 1. The molecule has 1 aromatic rings. The zero-order valence-corrected chi connectivity index (χ0v) is 18.4. The third kappa shape index (κ3) is 5.30. The number of carbonyl (C=O) groups is 2. The van der Waals surface area contributed by atoms with Crippen LogP contribution in [-0.2, 0) is 4.79 Å². The maximum atomic E-state index is 12.8. The quantitative estimate of drug-likeness (QED) is 0.839. The Morgan fingerprint density at radius 2 is 1.83 bits per heavy atom. The van der Waals surface area contributed by atoms with Crippen molar-refractivity contribution in [2.45, 2.75) is 58.9 Å². The van der Waals surface area contributed by atoms with Gasteiger partial charge in [0.05, 0.1) is 6.54 Å². The van der Waals surface area contributed by atoms with E-state index in [0.717, 1.165) is 43.7 Å². The van der Waals surface area contributed by atoms with Gasteiger partial charge in [-0.15, -0.1) is 0 Å². The molecule has 1 N–H and O–H groups in total. The van der Waals surface area contributed by atoms with Gasteiger partial charge in [-0.2, -0.15) is 0 Å². The number of piperidine rings is 1. The Kier molecular flexibility index (Phi) is 7.17. The molecule has 0 saturated carbocycles. The number of urea groups is 1. The van der Waals surface area contributed by atoms with E-state index in [2.05, 4.69) is 37.1 Å². The van der Waals surface area contributed by atoms with Gasteiger partial charge < -0.3 is 15.1 Å². The highest BCUT2D eigenvalue weighted by atomic mass is 16.2. The first kappa shape index (κ1) is 21.6. The van der Waals surface area contributed by atoms with Gasteiger partial charge in [0.15, 0.2) is 0 Å². The van der Waals surface area contributed by atoms with E-state index in [4.69, 9.17) is 0 Å².